The van der Waals surface area contributed by atoms with Crippen molar-refractivity contribution in [1.82, 2.24) is 4.72 Å². The Morgan fingerprint density at radius 1 is 1.30 bits per heavy atom. The monoisotopic (exact) mass is 301 g/mol. The predicted octanol–water partition coefficient (Wildman–Crippen LogP) is -0.665. The molecule has 0 aliphatic carbocycles. The van der Waals surface area contributed by atoms with Crippen LogP contribution in [0.1, 0.15) is 6.42 Å². The summed E-state index contributed by atoms with van der Waals surface area (Å²) >= 11 is 0. The first kappa shape index (κ1) is 16.1. The lowest BCUT2D eigenvalue weighted by Gasteiger charge is -2.10. The van der Waals surface area contributed by atoms with Gasteiger partial charge in [-0.15, -0.1) is 0 Å². The first-order valence-electron chi connectivity index (χ1n) is 5.58. The van der Waals surface area contributed by atoms with Gasteiger partial charge in [0.2, 0.25) is 15.9 Å². The minimum atomic E-state index is -3.54. The highest BCUT2D eigenvalue weighted by molar-refractivity contribution is 7.89. The van der Waals surface area contributed by atoms with Gasteiger partial charge in [0.15, 0.2) is 0 Å². The second kappa shape index (κ2) is 6.46. The van der Waals surface area contributed by atoms with Gasteiger partial charge in [-0.3, -0.25) is 9.59 Å². The number of rotatable bonds is 6. The molecule has 9 heteroatoms. The van der Waals surface area contributed by atoms with Crippen LogP contribution in [-0.2, 0) is 19.6 Å². The van der Waals surface area contributed by atoms with E-state index < -0.39 is 34.4 Å². The van der Waals surface area contributed by atoms with Gasteiger partial charge in [-0.1, -0.05) is 0 Å². The molecular formula is C11H15N3O5S. The summed E-state index contributed by atoms with van der Waals surface area (Å²) in [5.74, 6) is -1.83. The number of carboxylic acid groups (broad SMARTS) is 1. The average molecular weight is 301 g/mol. The Morgan fingerprint density at radius 2 is 1.85 bits per heavy atom. The van der Waals surface area contributed by atoms with E-state index in [0.717, 1.165) is 0 Å². The van der Waals surface area contributed by atoms with Gasteiger partial charge in [-0.25, -0.2) is 13.1 Å². The van der Waals surface area contributed by atoms with E-state index in [0.29, 0.717) is 5.69 Å². The molecule has 0 aromatic heterocycles. The molecule has 0 aliphatic heterocycles. The van der Waals surface area contributed by atoms with Crippen molar-refractivity contribution in [3.8, 4) is 0 Å². The average Bonchev–Trinajstić information content (AvgIpc) is 2.38. The lowest BCUT2D eigenvalue weighted by Crippen LogP contribution is -2.37. The lowest BCUT2D eigenvalue weighted by molar-refractivity contribution is -0.138. The van der Waals surface area contributed by atoms with Crippen LogP contribution in [0.25, 0.3) is 0 Å². The summed E-state index contributed by atoms with van der Waals surface area (Å²) < 4.78 is 25.1. The molecule has 1 unspecified atom stereocenters. The summed E-state index contributed by atoms with van der Waals surface area (Å²) in [6, 6.07) is 4.22. The molecule has 8 nitrogen and oxygen atoms in total. The van der Waals surface area contributed by atoms with Crippen LogP contribution in [0.2, 0.25) is 0 Å². The largest absolute Gasteiger partial charge is 0.481 e. The second-order valence-corrected chi connectivity index (χ2v) is 5.81. The number of nitrogens with two attached hydrogens (primary N) is 1. The number of anilines is 1. The molecule has 1 aromatic rings. The van der Waals surface area contributed by atoms with Crippen LogP contribution in [0.3, 0.4) is 0 Å². The van der Waals surface area contributed by atoms with Gasteiger partial charge in [-0.2, -0.15) is 0 Å². The van der Waals surface area contributed by atoms with Gasteiger partial charge < -0.3 is 16.2 Å². The Bertz CT molecular complexity index is 597. The molecule has 0 fully saturated rings. The van der Waals surface area contributed by atoms with Crippen molar-refractivity contribution in [1.29, 1.82) is 0 Å². The predicted molar refractivity (Wildman–Crippen MR) is 71.5 cm³/mol. The molecule has 1 amide bonds. The Balaban J connectivity index is 2.76. The highest BCUT2D eigenvalue weighted by Crippen LogP contribution is 2.13. The van der Waals surface area contributed by atoms with E-state index in [1.54, 1.807) is 0 Å². The van der Waals surface area contributed by atoms with Gasteiger partial charge in [0.05, 0.1) is 17.4 Å². The zero-order valence-corrected chi connectivity index (χ0v) is 11.5. The number of carboxylic acids is 1. The number of hydrogen-bond donors (Lipinski definition) is 4. The summed E-state index contributed by atoms with van der Waals surface area (Å²) in [5, 5.41) is 10.9. The minimum Gasteiger partial charge on any atom is -0.481 e. The Labute approximate surface area is 116 Å². The maximum Gasteiger partial charge on any atom is 0.305 e. The van der Waals surface area contributed by atoms with Crippen LogP contribution in [0.5, 0.6) is 0 Å². The van der Waals surface area contributed by atoms with E-state index in [9.17, 15) is 18.0 Å². The van der Waals surface area contributed by atoms with E-state index in [4.69, 9.17) is 10.8 Å². The number of carbonyl (C=O) groups excluding carboxylic acids is 1. The van der Waals surface area contributed by atoms with E-state index >= 15 is 0 Å². The Hall–Kier alpha value is -1.97. The maximum absolute atomic E-state index is 11.6. The Morgan fingerprint density at radius 3 is 2.30 bits per heavy atom. The number of aliphatic carboxylic acids is 1. The van der Waals surface area contributed by atoms with Gasteiger partial charge in [0.25, 0.3) is 0 Å². The minimum absolute atomic E-state index is 0.0489. The molecule has 0 spiro atoms. The van der Waals surface area contributed by atoms with E-state index in [1.165, 1.54) is 31.3 Å². The standard InChI is InChI=1S/C11H15N3O5S/c1-13-20(18,19)8-4-2-7(3-5-8)14-11(17)9(12)6-10(15)16/h2-5,9,13H,6,12H2,1H3,(H,14,17)(H,15,16). The molecule has 1 atom stereocenters. The van der Waals surface area contributed by atoms with Crippen molar-refractivity contribution in [2.24, 2.45) is 5.73 Å². The van der Waals surface area contributed by atoms with E-state index in [-0.39, 0.29) is 4.90 Å². The molecular weight excluding hydrogens is 286 g/mol. The van der Waals surface area contributed by atoms with Crippen molar-refractivity contribution < 1.29 is 23.1 Å². The van der Waals surface area contributed by atoms with Gasteiger partial charge in [0, 0.05) is 5.69 Å². The third-order valence-corrected chi connectivity index (χ3v) is 3.86. The molecule has 0 saturated carbocycles. The van der Waals surface area contributed by atoms with Gasteiger partial charge >= 0.3 is 5.97 Å². The molecule has 110 valence electrons. The number of nitrogens with one attached hydrogen (secondary N) is 2. The summed E-state index contributed by atoms with van der Waals surface area (Å²) in [4.78, 5) is 22.0. The number of benzene rings is 1. The molecule has 0 saturated heterocycles. The summed E-state index contributed by atoms with van der Waals surface area (Å²) in [6.07, 6.45) is -0.488. The van der Waals surface area contributed by atoms with Crippen LogP contribution in [-0.4, -0.2) is 38.5 Å². The smallest absolute Gasteiger partial charge is 0.305 e. The summed E-state index contributed by atoms with van der Waals surface area (Å²) in [6.45, 7) is 0. The number of hydrogen-bond acceptors (Lipinski definition) is 5. The SMILES string of the molecule is CNS(=O)(=O)c1ccc(NC(=O)C(N)CC(=O)O)cc1. The molecule has 0 bridgehead atoms. The fourth-order valence-electron chi connectivity index (χ4n) is 1.35. The molecule has 5 N–H and O–H groups in total. The molecule has 0 radical (unpaired) electrons. The first-order valence-corrected chi connectivity index (χ1v) is 7.06. The number of amides is 1. The van der Waals surface area contributed by atoms with Crippen LogP contribution < -0.4 is 15.8 Å². The Kier molecular flexibility index (Phi) is 5.19. The quantitative estimate of drug-likeness (QED) is 0.550. The van der Waals surface area contributed by atoms with Crippen molar-refractivity contribution in [2.75, 3.05) is 12.4 Å². The van der Waals surface area contributed by atoms with Crippen molar-refractivity contribution in [3.05, 3.63) is 24.3 Å². The fourth-order valence-corrected chi connectivity index (χ4v) is 2.08. The normalized spacial score (nSPS) is 12.7. The number of carbonyl (C=O) groups is 2. The van der Waals surface area contributed by atoms with Crippen LogP contribution in [0.4, 0.5) is 5.69 Å². The summed E-state index contributed by atoms with van der Waals surface area (Å²) in [5.41, 5.74) is 5.71. The molecule has 0 aliphatic rings. The zero-order chi connectivity index (χ0) is 15.3. The fraction of sp³-hybridized carbons (Fsp3) is 0.273. The third kappa shape index (κ3) is 4.30. The highest BCUT2D eigenvalue weighted by Gasteiger charge is 2.17. The molecule has 20 heavy (non-hydrogen) atoms. The first-order chi connectivity index (χ1) is 9.26. The van der Waals surface area contributed by atoms with E-state index in [1.807, 2.05) is 0 Å². The molecule has 0 heterocycles. The van der Waals surface area contributed by atoms with Crippen molar-refractivity contribution in [3.63, 3.8) is 0 Å². The maximum atomic E-state index is 11.6. The third-order valence-electron chi connectivity index (χ3n) is 2.43. The van der Waals surface area contributed by atoms with Crippen LogP contribution >= 0.6 is 0 Å². The van der Waals surface area contributed by atoms with E-state index in [2.05, 4.69) is 10.0 Å². The molecule has 1 aromatic carbocycles. The lowest BCUT2D eigenvalue weighted by atomic mass is 10.2. The summed E-state index contributed by atoms with van der Waals surface area (Å²) in [7, 11) is -2.25. The number of sulfonamides is 1. The highest BCUT2D eigenvalue weighted by atomic mass is 32.2. The van der Waals surface area contributed by atoms with Crippen molar-refractivity contribution in [2.45, 2.75) is 17.4 Å². The van der Waals surface area contributed by atoms with Gasteiger partial charge in [-0.05, 0) is 31.3 Å². The topological polar surface area (TPSA) is 139 Å². The second-order valence-electron chi connectivity index (χ2n) is 3.93. The van der Waals surface area contributed by atoms with Crippen LogP contribution in [0, 0.1) is 0 Å². The molecule has 1 rings (SSSR count). The van der Waals surface area contributed by atoms with Crippen molar-refractivity contribution >= 4 is 27.6 Å². The van der Waals surface area contributed by atoms with Crippen LogP contribution in [0.15, 0.2) is 29.2 Å². The zero-order valence-electron chi connectivity index (χ0n) is 10.7. The van der Waals surface area contributed by atoms with Gasteiger partial charge in [0.1, 0.15) is 0 Å².